The van der Waals surface area contributed by atoms with Crippen molar-refractivity contribution in [2.24, 2.45) is 0 Å². The van der Waals surface area contributed by atoms with Crippen LogP contribution in [0.2, 0.25) is 0 Å². The first kappa shape index (κ1) is 18.0. The van der Waals surface area contributed by atoms with Crippen LogP contribution < -0.4 is 20.3 Å². The Bertz CT molecular complexity index is 727. The number of aromatic nitrogens is 1. The average Bonchev–Trinajstić information content (AvgIpc) is 2.96. The lowest BCUT2D eigenvalue weighted by atomic mass is 10.2. The molecule has 0 unspecified atom stereocenters. The molecule has 2 heterocycles. The molecule has 1 fully saturated rings. The van der Waals surface area contributed by atoms with E-state index in [4.69, 9.17) is 4.74 Å². The largest absolute Gasteiger partial charge is 0.497 e. The molecule has 0 spiro atoms. The number of amides is 2. The molecule has 0 bridgehead atoms. The maximum absolute atomic E-state index is 12.1. The van der Waals surface area contributed by atoms with Crippen LogP contribution in [0.5, 0.6) is 5.75 Å². The molecule has 138 valence electrons. The highest BCUT2D eigenvalue weighted by atomic mass is 16.5. The van der Waals surface area contributed by atoms with Gasteiger partial charge in [-0.15, -0.1) is 0 Å². The summed E-state index contributed by atoms with van der Waals surface area (Å²) in [5.41, 5.74) is 1.74. The number of anilines is 2. The number of nitrogens with one attached hydrogen (secondary N) is 2. The summed E-state index contributed by atoms with van der Waals surface area (Å²) in [5.74, 6) is 1.71. The predicted molar refractivity (Wildman–Crippen MR) is 104 cm³/mol. The van der Waals surface area contributed by atoms with Crippen LogP contribution >= 0.6 is 0 Å². The second-order valence-corrected chi connectivity index (χ2v) is 6.46. The number of hydrogen-bond acceptors (Lipinski definition) is 4. The lowest BCUT2D eigenvalue weighted by Gasteiger charge is -2.21. The van der Waals surface area contributed by atoms with E-state index in [1.54, 1.807) is 13.2 Å². The Labute approximate surface area is 154 Å². The maximum atomic E-state index is 12.1. The highest BCUT2D eigenvalue weighted by Gasteiger charge is 2.11. The van der Waals surface area contributed by atoms with Gasteiger partial charge in [0, 0.05) is 37.6 Å². The SMILES string of the molecule is COc1cccc(NC(=O)NCc2ccnc(N3CCCCCC3)c2)c1. The average molecular weight is 354 g/mol. The zero-order chi connectivity index (χ0) is 18.2. The van der Waals surface area contributed by atoms with Gasteiger partial charge in [-0.2, -0.15) is 0 Å². The fourth-order valence-electron chi connectivity index (χ4n) is 3.10. The first-order valence-corrected chi connectivity index (χ1v) is 9.13. The second-order valence-electron chi connectivity index (χ2n) is 6.46. The lowest BCUT2D eigenvalue weighted by Crippen LogP contribution is -2.28. The van der Waals surface area contributed by atoms with E-state index >= 15 is 0 Å². The topological polar surface area (TPSA) is 66.5 Å². The molecular weight excluding hydrogens is 328 g/mol. The number of hydrogen-bond donors (Lipinski definition) is 2. The van der Waals surface area contributed by atoms with Gasteiger partial charge in [-0.3, -0.25) is 0 Å². The van der Waals surface area contributed by atoms with Gasteiger partial charge in [0.25, 0.3) is 0 Å². The molecule has 2 aromatic rings. The van der Waals surface area contributed by atoms with Crippen LogP contribution in [0.1, 0.15) is 31.2 Å². The Balaban J connectivity index is 1.55. The van der Waals surface area contributed by atoms with E-state index in [9.17, 15) is 4.79 Å². The number of nitrogens with zero attached hydrogens (tertiary/aromatic N) is 2. The zero-order valence-electron chi connectivity index (χ0n) is 15.2. The van der Waals surface area contributed by atoms with Crippen molar-refractivity contribution in [3.8, 4) is 5.75 Å². The predicted octanol–water partition coefficient (Wildman–Crippen LogP) is 3.79. The summed E-state index contributed by atoms with van der Waals surface area (Å²) in [6.07, 6.45) is 6.84. The zero-order valence-corrected chi connectivity index (χ0v) is 15.2. The van der Waals surface area contributed by atoms with E-state index in [1.165, 1.54) is 25.7 Å². The van der Waals surface area contributed by atoms with Crippen molar-refractivity contribution in [3.05, 3.63) is 48.2 Å². The Kier molecular flexibility index (Phi) is 6.30. The molecule has 1 aliphatic heterocycles. The van der Waals surface area contributed by atoms with Gasteiger partial charge < -0.3 is 20.3 Å². The minimum atomic E-state index is -0.244. The molecule has 1 aromatic heterocycles. The molecule has 3 rings (SSSR count). The van der Waals surface area contributed by atoms with E-state index in [1.807, 2.05) is 30.5 Å². The quantitative estimate of drug-likeness (QED) is 0.857. The van der Waals surface area contributed by atoms with Crippen molar-refractivity contribution in [1.29, 1.82) is 0 Å². The van der Waals surface area contributed by atoms with E-state index in [0.29, 0.717) is 18.0 Å². The number of methoxy groups -OCH3 is 1. The van der Waals surface area contributed by atoms with E-state index in [-0.39, 0.29) is 6.03 Å². The summed E-state index contributed by atoms with van der Waals surface area (Å²) in [5, 5.41) is 5.71. The van der Waals surface area contributed by atoms with Crippen molar-refractivity contribution in [1.82, 2.24) is 10.3 Å². The van der Waals surface area contributed by atoms with Crippen LogP contribution in [0, 0.1) is 0 Å². The molecule has 2 N–H and O–H groups in total. The Morgan fingerprint density at radius 3 is 2.73 bits per heavy atom. The van der Waals surface area contributed by atoms with Crippen LogP contribution in [0.3, 0.4) is 0 Å². The van der Waals surface area contributed by atoms with Gasteiger partial charge in [0.15, 0.2) is 0 Å². The minimum Gasteiger partial charge on any atom is -0.497 e. The number of pyridine rings is 1. The van der Waals surface area contributed by atoms with Crippen molar-refractivity contribution in [2.75, 3.05) is 30.4 Å². The summed E-state index contributed by atoms with van der Waals surface area (Å²) >= 11 is 0. The molecule has 0 atom stereocenters. The molecule has 26 heavy (non-hydrogen) atoms. The molecule has 6 nitrogen and oxygen atoms in total. The Morgan fingerprint density at radius 1 is 1.15 bits per heavy atom. The maximum Gasteiger partial charge on any atom is 0.319 e. The van der Waals surface area contributed by atoms with Gasteiger partial charge in [0.1, 0.15) is 11.6 Å². The normalized spacial score (nSPS) is 14.4. The van der Waals surface area contributed by atoms with Gasteiger partial charge in [-0.05, 0) is 42.7 Å². The van der Waals surface area contributed by atoms with Crippen LogP contribution in [0.15, 0.2) is 42.6 Å². The van der Waals surface area contributed by atoms with Gasteiger partial charge in [-0.25, -0.2) is 9.78 Å². The molecule has 1 saturated heterocycles. The van der Waals surface area contributed by atoms with Gasteiger partial charge in [-0.1, -0.05) is 18.9 Å². The van der Waals surface area contributed by atoms with Crippen molar-refractivity contribution < 1.29 is 9.53 Å². The summed E-state index contributed by atoms with van der Waals surface area (Å²) in [6.45, 7) is 2.57. The second kappa shape index (κ2) is 9.08. The highest BCUT2D eigenvalue weighted by molar-refractivity contribution is 5.89. The fourth-order valence-corrected chi connectivity index (χ4v) is 3.10. The van der Waals surface area contributed by atoms with Crippen LogP contribution in [-0.4, -0.2) is 31.2 Å². The fraction of sp³-hybridized carbons (Fsp3) is 0.400. The van der Waals surface area contributed by atoms with Gasteiger partial charge in [0.05, 0.1) is 7.11 Å². The van der Waals surface area contributed by atoms with E-state index in [2.05, 4.69) is 26.6 Å². The van der Waals surface area contributed by atoms with Crippen molar-refractivity contribution in [2.45, 2.75) is 32.2 Å². The lowest BCUT2D eigenvalue weighted by molar-refractivity contribution is 0.251. The third-order valence-corrected chi connectivity index (χ3v) is 4.52. The first-order valence-electron chi connectivity index (χ1n) is 9.13. The minimum absolute atomic E-state index is 0.244. The molecular formula is C20H26N4O2. The molecule has 1 aliphatic rings. The molecule has 6 heteroatoms. The Morgan fingerprint density at radius 2 is 1.96 bits per heavy atom. The van der Waals surface area contributed by atoms with Gasteiger partial charge >= 0.3 is 6.03 Å². The molecule has 1 aromatic carbocycles. The molecule has 0 saturated carbocycles. The van der Waals surface area contributed by atoms with E-state index < -0.39 is 0 Å². The van der Waals surface area contributed by atoms with Crippen molar-refractivity contribution >= 4 is 17.5 Å². The molecule has 0 aliphatic carbocycles. The summed E-state index contributed by atoms with van der Waals surface area (Å²) in [7, 11) is 1.60. The Hall–Kier alpha value is -2.76. The first-order chi connectivity index (χ1) is 12.7. The van der Waals surface area contributed by atoms with Crippen molar-refractivity contribution in [3.63, 3.8) is 0 Å². The number of carbonyl (C=O) groups is 1. The van der Waals surface area contributed by atoms with Crippen LogP contribution in [0.4, 0.5) is 16.3 Å². The monoisotopic (exact) mass is 354 g/mol. The van der Waals surface area contributed by atoms with E-state index in [0.717, 1.165) is 24.5 Å². The third-order valence-electron chi connectivity index (χ3n) is 4.52. The number of rotatable bonds is 5. The number of benzene rings is 1. The molecule has 0 radical (unpaired) electrons. The van der Waals surface area contributed by atoms with Crippen LogP contribution in [0.25, 0.3) is 0 Å². The summed E-state index contributed by atoms with van der Waals surface area (Å²) < 4.78 is 5.16. The summed E-state index contributed by atoms with van der Waals surface area (Å²) in [4.78, 5) is 19.0. The van der Waals surface area contributed by atoms with Crippen LogP contribution in [-0.2, 0) is 6.54 Å². The molecule has 2 amide bonds. The standard InChI is InChI=1S/C20H26N4O2/c1-26-18-8-6-7-17(14-18)23-20(25)22-15-16-9-10-21-19(13-16)24-11-4-2-3-5-12-24/h6-10,13-14H,2-5,11-12,15H2,1H3,(H2,22,23,25). The summed E-state index contributed by atoms with van der Waals surface area (Å²) in [6, 6.07) is 11.0. The third kappa shape index (κ3) is 5.12. The number of ether oxygens (including phenoxy) is 1. The number of urea groups is 1. The number of carbonyl (C=O) groups excluding carboxylic acids is 1. The smallest absolute Gasteiger partial charge is 0.319 e. The highest BCUT2D eigenvalue weighted by Crippen LogP contribution is 2.19. The van der Waals surface area contributed by atoms with Gasteiger partial charge in [0.2, 0.25) is 0 Å².